The Balaban J connectivity index is 2.40. The van der Waals surface area contributed by atoms with Crippen LogP contribution in [0, 0.1) is 23.4 Å². The van der Waals surface area contributed by atoms with E-state index < -0.39 is 47.5 Å². The quantitative estimate of drug-likeness (QED) is 0.868. The lowest BCUT2D eigenvalue weighted by molar-refractivity contribution is -0.132. The second-order valence-corrected chi connectivity index (χ2v) is 5.07. The molecule has 2 atom stereocenters. The molecule has 0 bridgehead atoms. The van der Waals surface area contributed by atoms with E-state index in [-0.39, 0.29) is 5.92 Å². The molecule has 0 aliphatic carbocycles. The summed E-state index contributed by atoms with van der Waals surface area (Å²) >= 11 is 0. The van der Waals surface area contributed by atoms with Crippen LogP contribution in [0.1, 0.15) is 20.3 Å². The van der Waals surface area contributed by atoms with Crippen LogP contribution in [-0.2, 0) is 9.59 Å². The predicted octanol–water partition coefficient (Wildman–Crippen LogP) is 1.98. The minimum Gasteiger partial charge on any atom is -0.342 e. The van der Waals surface area contributed by atoms with E-state index in [2.05, 4.69) is 5.32 Å². The number of anilines is 1. The zero-order valence-corrected chi connectivity index (χ0v) is 11.6. The molecular weight excluding hydrogens is 285 g/mol. The van der Waals surface area contributed by atoms with Crippen molar-refractivity contribution in [1.29, 1.82) is 0 Å². The summed E-state index contributed by atoms with van der Waals surface area (Å²) < 4.78 is 40.0. The monoisotopic (exact) mass is 300 g/mol. The molecule has 1 aliphatic heterocycles. The summed E-state index contributed by atoms with van der Waals surface area (Å²) in [5.74, 6) is -4.86. The van der Waals surface area contributed by atoms with Crippen LogP contribution in [0.15, 0.2) is 12.1 Å². The Hall–Kier alpha value is -2.05. The summed E-state index contributed by atoms with van der Waals surface area (Å²) in [6.45, 7) is 3.20. The largest absolute Gasteiger partial charge is 0.342 e. The molecule has 1 aromatic carbocycles. The standard InChI is InChI=1S/C14H15F3N2O2/c1-3-7(2)13-14(21)19(6-12(20)18-13)11-5-9(16)8(15)4-10(11)17/h4-5,7,13H,3,6H2,1-2H3,(H,18,20). The van der Waals surface area contributed by atoms with Gasteiger partial charge >= 0.3 is 0 Å². The molecule has 4 nitrogen and oxygen atoms in total. The lowest BCUT2D eigenvalue weighted by Gasteiger charge is -2.35. The number of hydrogen-bond acceptors (Lipinski definition) is 2. The van der Waals surface area contributed by atoms with Gasteiger partial charge in [-0.05, 0) is 5.92 Å². The van der Waals surface area contributed by atoms with Crippen molar-refractivity contribution in [3.8, 4) is 0 Å². The molecule has 2 unspecified atom stereocenters. The van der Waals surface area contributed by atoms with Gasteiger partial charge in [0, 0.05) is 12.1 Å². The molecule has 7 heteroatoms. The number of halogens is 3. The maximum Gasteiger partial charge on any atom is 0.250 e. The van der Waals surface area contributed by atoms with Crippen molar-refractivity contribution in [2.75, 3.05) is 11.4 Å². The molecule has 2 rings (SSSR count). The Labute approximate surface area is 119 Å². The molecule has 114 valence electrons. The summed E-state index contributed by atoms with van der Waals surface area (Å²) in [5, 5.41) is 2.54. The lowest BCUT2D eigenvalue weighted by Crippen LogP contribution is -2.60. The van der Waals surface area contributed by atoms with Gasteiger partial charge in [0.2, 0.25) is 11.8 Å². The Morgan fingerprint density at radius 3 is 2.48 bits per heavy atom. The number of nitrogens with zero attached hydrogens (tertiary/aromatic N) is 1. The van der Waals surface area contributed by atoms with Crippen LogP contribution in [-0.4, -0.2) is 24.4 Å². The fraction of sp³-hybridized carbons (Fsp3) is 0.429. The third-order valence-corrected chi connectivity index (χ3v) is 3.64. The molecule has 1 saturated heterocycles. The number of piperazine rings is 1. The van der Waals surface area contributed by atoms with Crippen LogP contribution in [0.3, 0.4) is 0 Å². The van der Waals surface area contributed by atoms with E-state index in [0.717, 1.165) is 4.90 Å². The average Bonchev–Trinajstić information content (AvgIpc) is 2.44. The van der Waals surface area contributed by atoms with Gasteiger partial charge in [-0.1, -0.05) is 20.3 Å². The van der Waals surface area contributed by atoms with Crippen LogP contribution in [0.2, 0.25) is 0 Å². The molecule has 0 spiro atoms. The van der Waals surface area contributed by atoms with Gasteiger partial charge in [0.15, 0.2) is 11.6 Å². The molecule has 1 heterocycles. The SMILES string of the molecule is CCC(C)C1NC(=O)CN(c2cc(F)c(F)cc2F)C1=O. The molecule has 0 saturated carbocycles. The lowest BCUT2D eigenvalue weighted by atomic mass is 9.96. The first kappa shape index (κ1) is 15.3. The maximum absolute atomic E-state index is 13.8. The van der Waals surface area contributed by atoms with Gasteiger partial charge in [-0.15, -0.1) is 0 Å². The molecule has 21 heavy (non-hydrogen) atoms. The highest BCUT2D eigenvalue weighted by Gasteiger charge is 2.37. The first-order chi connectivity index (χ1) is 9.85. The zero-order valence-electron chi connectivity index (χ0n) is 11.6. The first-order valence-corrected chi connectivity index (χ1v) is 6.60. The highest BCUT2D eigenvalue weighted by molar-refractivity contribution is 6.06. The van der Waals surface area contributed by atoms with Crippen LogP contribution in [0.4, 0.5) is 18.9 Å². The third kappa shape index (κ3) is 2.86. The molecular formula is C14H15F3N2O2. The van der Waals surface area contributed by atoms with E-state index in [0.29, 0.717) is 18.6 Å². The highest BCUT2D eigenvalue weighted by Crippen LogP contribution is 2.26. The molecule has 0 radical (unpaired) electrons. The van der Waals surface area contributed by atoms with E-state index in [1.165, 1.54) is 0 Å². The molecule has 1 aromatic rings. The Morgan fingerprint density at radius 1 is 1.24 bits per heavy atom. The van der Waals surface area contributed by atoms with Crippen molar-refractivity contribution >= 4 is 17.5 Å². The number of amides is 2. The minimum atomic E-state index is -1.34. The highest BCUT2D eigenvalue weighted by atomic mass is 19.2. The first-order valence-electron chi connectivity index (χ1n) is 6.60. The molecule has 1 aliphatic rings. The van der Waals surface area contributed by atoms with E-state index in [9.17, 15) is 22.8 Å². The topological polar surface area (TPSA) is 49.4 Å². The van der Waals surface area contributed by atoms with Gasteiger partial charge in [-0.2, -0.15) is 0 Å². The molecule has 1 N–H and O–H groups in total. The van der Waals surface area contributed by atoms with E-state index in [4.69, 9.17) is 0 Å². The number of carbonyl (C=O) groups is 2. The van der Waals surface area contributed by atoms with E-state index in [1.54, 1.807) is 6.92 Å². The van der Waals surface area contributed by atoms with Gasteiger partial charge in [-0.3, -0.25) is 14.5 Å². The second kappa shape index (κ2) is 5.75. The van der Waals surface area contributed by atoms with Gasteiger partial charge in [0.1, 0.15) is 18.4 Å². The Bertz CT molecular complexity index is 592. The van der Waals surface area contributed by atoms with Gasteiger partial charge in [0.25, 0.3) is 0 Å². The number of nitrogens with one attached hydrogen (secondary N) is 1. The van der Waals surface area contributed by atoms with Crippen molar-refractivity contribution in [3.05, 3.63) is 29.6 Å². The molecule has 1 fully saturated rings. The number of benzene rings is 1. The van der Waals surface area contributed by atoms with Crippen LogP contribution in [0.5, 0.6) is 0 Å². The second-order valence-electron chi connectivity index (χ2n) is 5.07. The summed E-state index contributed by atoms with van der Waals surface area (Å²) in [4.78, 5) is 24.9. The fourth-order valence-corrected chi connectivity index (χ4v) is 2.21. The van der Waals surface area contributed by atoms with Gasteiger partial charge < -0.3 is 5.32 Å². The van der Waals surface area contributed by atoms with Crippen LogP contribution in [0.25, 0.3) is 0 Å². The number of hydrogen-bond donors (Lipinski definition) is 1. The number of rotatable bonds is 3. The van der Waals surface area contributed by atoms with Crippen molar-refractivity contribution < 1.29 is 22.8 Å². The van der Waals surface area contributed by atoms with Crippen molar-refractivity contribution in [1.82, 2.24) is 5.32 Å². The third-order valence-electron chi connectivity index (χ3n) is 3.64. The van der Waals surface area contributed by atoms with Crippen molar-refractivity contribution in [2.24, 2.45) is 5.92 Å². The van der Waals surface area contributed by atoms with E-state index >= 15 is 0 Å². The summed E-state index contributed by atoms with van der Waals surface area (Å²) in [6, 6.07) is 0.154. The van der Waals surface area contributed by atoms with Gasteiger partial charge in [0.05, 0.1) is 5.69 Å². The fourth-order valence-electron chi connectivity index (χ4n) is 2.21. The van der Waals surface area contributed by atoms with E-state index in [1.807, 2.05) is 6.92 Å². The minimum absolute atomic E-state index is 0.155. The zero-order chi connectivity index (χ0) is 15.7. The van der Waals surface area contributed by atoms with Crippen molar-refractivity contribution in [2.45, 2.75) is 26.3 Å². The normalized spacial score (nSPS) is 20.4. The summed E-state index contributed by atoms with van der Waals surface area (Å²) in [7, 11) is 0. The summed E-state index contributed by atoms with van der Waals surface area (Å²) in [6.07, 6.45) is 0.630. The van der Waals surface area contributed by atoms with Crippen LogP contribution >= 0.6 is 0 Å². The Morgan fingerprint density at radius 2 is 1.86 bits per heavy atom. The van der Waals surface area contributed by atoms with Crippen LogP contribution < -0.4 is 10.2 Å². The smallest absolute Gasteiger partial charge is 0.250 e. The Kier molecular flexibility index (Phi) is 4.20. The molecule has 0 aromatic heterocycles. The summed E-state index contributed by atoms with van der Waals surface area (Å²) in [5.41, 5.74) is -0.429. The van der Waals surface area contributed by atoms with Crippen molar-refractivity contribution in [3.63, 3.8) is 0 Å². The number of carbonyl (C=O) groups excluding carboxylic acids is 2. The van der Waals surface area contributed by atoms with Gasteiger partial charge in [-0.25, -0.2) is 13.2 Å². The maximum atomic E-state index is 13.8. The molecule has 2 amide bonds. The average molecular weight is 300 g/mol. The predicted molar refractivity (Wildman–Crippen MR) is 70.1 cm³/mol.